The molecular formula is C123H77GeN9O3S. The first kappa shape index (κ1) is 78.4. The van der Waals surface area contributed by atoms with Crippen molar-refractivity contribution < 1.29 is 13.3 Å². The number of thiophene rings is 1. The average molecular weight is 1830 g/mol. The molecule has 0 radical (unpaired) electrons. The van der Waals surface area contributed by atoms with Crippen LogP contribution < -0.4 is 17.7 Å². The van der Waals surface area contributed by atoms with Crippen LogP contribution in [0.3, 0.4) is 0 Å². The molecule has 0 spiro atoms. The maximum absolute atomic E-state index is 6.33. The molecule has 642 valence electrons. The summed E-state index contributed by atoms with van der Waals surface area (Å²) in [7, 11) is 0. The van der Waals surface area contributed by atoms with E-state index in [0.717, 1.165) is 144 Å². The van der Waals surface area contributed by atoms with E-state index in [-0.39, 0.29) is 5.41 Å². The first-order valence-electron chi connectivity index (χ1n) is 46.4. The number of rotatable bonds is 9. The molecule has 0 saturated heterocycles. The van der Waals surface area contributed by atoms with E-state index >= 15 is 0 Å². The van der Waals surface area contributed by atoms with Crippen LogP contribution in [0.25, 0.3) is 237 Å². The van der Waals surface area contributed by atoms with Crippen molar-refractivity contribution in [3.05, 3.63) is 442 Å². The van der Waals surface area contributed by atoms with Crippen LogP contribution in [0.5, 0.6) is 0 Å². The summed E-state index contributed by atoms with van der Waals surface area (Å²) in [5.41, 5.74) is 26.7. The molecule has 28 aromatic rings. The fourth-order valence-corrected chi connectivity index (χ4v) is 33.9. The second kappa shape index (κ2) is 30.7. The predicted molar refractivity (Wildman–Crippen MR) is 566 cm³/mol. The Balaban J connectivity index is 0.000000105. The smallest absolute Gasteiger partial charge is 0.238 e. The third-order valence-corrected chi connectivity index (χ3v) is 39.4. The molecule has 1 aliphatic carbocycles. The van der Waals surface area contributed by atoms with Gasteiger partial charge in [-0.05, 0) is 60.7 Å². The Morgan fingerprint density at radius 2 is 0.693 bits per heavy atom. The fraction of sp³-hybridized carbons (Fsp3) is 0.0244. The fourth-order valence-electron chi connectivity index (χ4n) is 22.3. The average Bonchev–Trinajstić information content (AvgIpc) is 1.52. The summed E-state index contributed by atoms with van der Waals surface area (Å²) in [6.45, 7) is 4.73. The Kier molecular flexibility index (Phi) is 17.6. The molecule has 0 bridgehead atoms. The van der Waals surface area contributed by atoms with Crippen LogP contribution in [0.2, 0.25) is 0 Å². The third-order valence-electron chi connectivity index (χ3n) is 28.4. The third kappa shape index (κ3) is 11.9. The van der Waals surface area contributed by atoms with Gasteiger partial charge in [-0.3, -0.25) is 9.13 Å². The van der Waals surface area contributed by atoms with Gasteiger partial charge in [-0.25, -0.2) is 9.97 Å². The van der Waals surface area contributed by atoms with E-state index in [4.69, 9.17) is 43.2 Å². The van der Waals surface area contributed by atoms with Gasteiger partial charge < -0.3 is 13.3 Å². The molecule has 0 unspecified atom stereocenters. The number of benzene rings is 18. The van der Waals surface area contributed by atoms with Gasteiger partial charge in [0.05, 0.1) is 44.2 Å². The molecule has 2 aliphatic rings. The van der Waals surface area contributed by atoms with Crippen LogP contribution >= 0.6 is 11.3 Å². The molecule has 0 atom stereocenters. The molecule has 12 nitrogen and oxygen atoms in total. The van der Waals surface area contributed by atoms with E-state index in [2.05, 4.69) is 367 Å². The zero-order valence-electron chi connectivity index (χ0n) is 74.1. The van der Waals surface area contributed by atoms with Gasteiger partial charge in [0.25, 0.3) is 0 Å². The number of hydrogen-bond acceptors (Lipinski definition) is 10. The summed E-state index contributed by atoms with van der Waals surface area (Å²) >= 11 is -1.89. The van der Waals surface area contributed by atoms with Crippen molar-refractivity contribution in [2.45, 2.75) is 19.3 Å². The Labute approximate surface area is 791 Å². The van der Waals surface area contributed by atoms with Gasteiger partial charge in [-0.1, -0.05) is 182 Å². The molecule has 10 aromatic heterocycles. The van der Waals surface area contributed by atoms with Crippen LogP contribution in [0.4, 0.5) is 0 Å². The molecule has 0 amide bonds. The summed E-state index contributed by atoms with van der Waals surface area (Å²) in [4.78, 5) is 32.2. The van der Waals surface area contributed by atoms with Gasteiger partial charge in [0, 0.05) is 74.4 Å². The van der Waals surface area contributed by atoms with Crippen molar-refractivity contribution in [3.8, 4) is 85.0 Å². The number of fused-ring (bicyclic) bond motifs is 27. The number of nitrogens with zero attached hydrogens (tertiary/aromatic N) is 9. The monoisotopic (exact) mass is 1830 g/mol. The number of para-hydroxylation sites is 7. The van der Waals surface area contributed by atoms with Crippen LogP contribution in [-0.2, 0) is 5.41 Å². The molecule has 1 aliphatic heterocycles. The minimum Gasteiger partial charge on any atom is -0.456 e. The maximum atomic E-state index is 6.33. The van der Waals surface area contributed by atoms with E-state index in [0.29, 0.717) is 23.3 Å². The Morgan fingerprint density at radius 3 is 1.28 bits per heavy atom. The standard InChI is InChI=1S/C55H39GeN3.C34H19N3O2.C34H19N3OS/c1-55(2)45-30-16-12-26-39(45)43-34-44-40-27-14-18-32-48(40)59(50(44)35-46(43)55)49-33-19-15-29-42(49)54-57-52(36-20-6-3-7-21-36)51-41-28-13-17-31-47(41)56(53(51)58-54,37-22-8-4-9-23-37)38-24-10-5-11-25-38;1-2-10-20(11-3-1)32-31-23-14-6-9-17-29(23)39-33(31)36-34(35-32)37-26-15-7-4-12-21(26)24-19-30-25(18-27(24)37)22-13-5-8-16-28(22)38-30;1-2-10-20(11-3-1)32-31-23-14-5-8-16-28(23)38-33(31)36-34(35-32)37-26-15-7-4-12-21(26)24-19-30-25(18-27(24)37)22-13-6-9-17-29(22)39-30/h3-35H,1-2H3;2*1-19H. The van der Waals surface area contributed by atoms with E-state index in [1.54, 1.807) is 0 Å². The quantitative estimate of drug-likeness (QED) is 0.130. The molecule has 30 rings (SSSR count). The molecule has 137 heavy (non-hydrogen) atoms. The zero-order chi connectivity index (χ0) is 90.3. The topological polar surface area (TPSA) is 132 Å². The van der Waals surface area contributed by atoms with Gasteiger partial charge in [-0.15, -0.1) is 11.3 Å². The largest absolute Gasteiger partial charge is 0.456 e. The zero-order valence-corrected chi connectivity index (χ0v) is 77.1. The second-order valence-electron chi connectivity index (χ2n) is 36.1. The number of aromatic nitrogens is 9. The number of hydrogen-bond donors (Lipinski definition) is 0. The molecule has 18 aromatic carbocycles. The van der Waals surface area contributed by atoms with Gasteiger partial charge in [0.2, 0.25) is 23.3 Å². The summed E-state index contributed by atoms with van der Waals surface area (Å²) in [6.07, 6.45) is 0. The SMILES string of the molecule is CC1(C)c2ccccc2-c2cc3c4ccccc4n(-c4ccccc4-c4nc(-c5ccccc5)c5[c](n4)[Ge]([c]4ccccc4)([c]4ccccc4)[c]4ccccc4-5)c3cc21.c1ccc(-c2nc(-n3c4ccccc4c4cc5oc6ccccc6c5cc43)nc3oc4ccccc4c23)cc1.c1ccc(-c2nc(-n3c4ccccc4c4cc5sc6ccccc6c5cc43)nc3oc4ccccc4c23)cc1. The van der Waals surface area contributed by atoms with Crippen molar-refractivity contribution in [3.63, 3.8) is 0 Å². The Hall–Kier alpha value is -17.2. The van der Waals surface area contributed by atoms with Crippen LogP contribution in [-0.4, -0.2) is 56.9 Å². The van der Waals surface area contributed by atoms with Crippen LogP contribution in [0, 0.1) is 0 Å². The van der Waals surface area contributed by atoms with Crippen LogP contribution in [0.1, 0.15) is 25.0 Å². The van der Waals surface area contributed by atoms with Crippen molar-refractivity contribution in [1.29, 1.82) is 0 Å². The van der Waals surface area contributed by atoms with E-state index < -0.39 is 13.3 Å². The van der Waals surface area contributed by atoms with Crippen LogP contribution in [0.15, 0.2) is 444 Å². The molecule has 0 fully saturated rings. The first-order chi connectivity index (χ1) is 67.7. The summed E-state index contributed by atoms with van der Waals surface area (Å²) in [6, 6.07) is 153. The maximum Gasteiger partial charge on any atom is 0.238 e. The minimum absolute atomic E-state index is 0.131. The second-order valence-corrected chi connectivity index (χ2v) is 44.9. The molecular weight excluding hydrogens is 1760 g/mol. The Morgan fingerprint density at radius 1 is 0.263 bits per heavy atom. The molecule has 11 heterocycles. The van der Waals surface area contributed by atoms with E-state index in [1.807, 2.05) is 102 Å². The van der Waals surface area contributed by atoms with Crippen molar-refractivity contribution in [2.24, 2.45) is 0 Å². The van der Waals surface area contributed by atoms with Crippen molar-refractivity contribution >= 4 is 194 Å². The summed E-state index contributed by atoms with van der Waals surface area (Å²) in [5.74, 6) is 1.91. The summed E-state index contributed by atoms with van der Waals surface area (Å²) in [5, 5.41) is 15.6. The minimum atomic E-state index is -3.73. The van der Waals surface area contributed by atoms with Gasteiger partial charge in [0.1, 0.15) is 22.3 Å². The van der Waals surface area contributed by atoms with E-state index in [9.17, 15) is 0 Å². The van der Waals surface area contributed by atoms with Gasteiger partial charge in [-0.2, -0.15) is 9.97 Å². The van der Waals surface area contributed by atoms with Gasteiger partial charge >= 0.3 is 336 Å². The predicted octanol–water partition coefficient (Wildman–Crippen LogP) is 29.1. The Bertz CT molecular complexity index is 9480. The van der Waals surface area contributed by atoms with Gasteiger partial charge in [0.15, 0.2) is 0 Å². The van der Waals surface area contributed by atoms with Crippen molar-refractivity contribution in [2.75, 3.05) is 0 Å². The summed E-state index contributed by atoms with van der Waals surface area (Å²) < 4.78 is 33.6. The molecule has 0 N–H and O–H groups in total. The van der Waals surface area contributed by atoms with E-state index in [1.165, 1.54) is 98.3 Å². The van der Waals surface area contributed by atoms with Crippen molar-refractivity contribution in [1.82, 2.24) is 43.6 Å². The molecule has 14 heteroatoms. The first-order valence-corrected chi connectivity index (χ1v) is 51.4. The number of furan rings is 3. The molecule has 0 saturated carbocycles. The normalized spacial score (nSPS) is 13.0.